The zero-order chi connectivity index (χ0) is 17.6. The molecule has 7 nitrogen and oxygen atoms in total. The van der Waals surface area contributed by atoms with Gasteiger partial charge in [-0.1, -0.05) is 0 Å². The van der Waals surface area contributed by atoms with Gasteiger partial charge in [0.25, 0.3) is 0 Å². The highest BCUT2D eigenvalue weighted by Gasteiger charge is 2.17. The van der Waals surface area contributed by atoms with Crippen LogP contribution in [0.4, 0.5) is 10.7 Å². The predicted octanol–water partition coefficient (Wildman–Crippen LogP) is 1.88. The highest BCUT2D eigenvalue weighted by molar-refractivity contribution is 5.67. The van der Waals surface area contributed by atoms with Crippen LogP contribution < -0.4 is 15.5 Å². The lowest BCUT2D eigenvalue weighted by atomic mass is 10.2. The van der Waals surface area contributed by atoms with Crippen LogP contribution in [-0.2, 0) is 18.3 Å². The van der Waals surface area contributed by atoms with Gasteiger partial charge in [-0.05, 0) is 40.7 Å². The molecular formula is C16H31N5O2. The van der Waals surface area contributed by atoms with E-state index in [1.54, 1.807) is 0 Å². The van der Waals surface area contributed by atoms with Gasteiger partial charge in [-0.3, -0.25) is 0 Å². The molecule has 1 unspecified atom stereocenters. The van der Waals surface area contributed by atoms with Crippen molar-refractivity contribution in [3.63, 3.8) is 0 Å². The fourth-order valence-corrected chi connectivity index (χ4v) is 2.13. The molecule has 23 heavy (non-hydrogen) atoms. The van der Waals surface area contributed by atoms with E-state index < -0.39 is 5.60 Å². The number of nitrogens with one attached hydrogen (secondary N) is 2. The number of rotatable bonds is 7. The van der Waals surface area contributed by atoms with Crippen LogP contribution in [0.2, 0.25) is 0 Å². The first-order chi connectivity index (χ1) is 10.6. The van der Waals surface area contributed by atoms with Crippen molar-refractivity contribution < 1.29 is 9.53 Å². The van der Waals surface area contributed by atoms with Gasteiger partial charge in [0.05, 0.1) is 11.9 Å². The number of hydrogen-bond donors (Lipinski definition) is 2. The van der Waals surface area contributed by atoms with Crippen LogP contribution in [0.5, 0.6) is 0 Å². The Hall–Kier alpha value is -1.76. The molecule has 0 aliphatic heterocycles. The summed E-state index contributed by atoms with van der Waals surface area (Å²) in [5.41, 5.74) is 0.660. The van der Waals surface area contributed by atoms with Gasteiger partial charge in [-0.15, -0.1) is 0 Å². The van der Waals surface area contributed by atoms with Crippen molar-refractivity contribution in [3.8, 4) is 0 Å². The normalized spacial score (nSPS) is 12.8. The van der Waals surface area contributed by atoms with Gasteiger partial charge in [-0.25, -0.2) is 9.78 Å². The molecule has 0 radical (unpaired) electrons. The molecule has 7 heteroatoms. The first kappa shape index (κ1) is 19.3. The minimum atomic E-state index is -0.467. The standard InChI is InChI=1S/C16H31N5O2/c1-12(19-15(22)23-16(2,3)4)8-9-17-10-13-11-18-14(20(5)6)21(13)7/h11-12,17H,8-10H2,1-7H3,(H,19,22). The fraction of sp³-hybridized carbons (Fsp3) is 0.750. The van der Waals surface area contributed by atoms with Crippen molar-refractivity contribution in [2.24, 2.45) is 7.05 Å². The molecule has 0 aliphatic rings. The van der Waals surface area contributed by atoms with Crippen molar-refractivity contribution in [2.75, 3.05) is 25.5 Å². The summed E-state index contributed by atoms with van der Waals surface area (Å²) in [5.74, 6) is 0.932. The summed E-state index contributed by atoms with van der Waals surface area (Å²) in [7, 11) is 5.96. The van der Waals surface area contributed by atoms with Crippen LogP contribution in [0, 0.1) is 0 Å². The monoisotopic (exact) mass is 325 g/mol. The molecule has 0 fully saturated rings. The summed E-state index contributed by atoms with van der Waals surface area (Å²) in [5, 5.41) is 6.22. The molecular weight excluding hydrogens is 294 g/mol. The lowest BCUT2D eigenvalue weighted by Crippen LogP contribution is -2.38. The molecule has 0 saturated heterocycles. The molecule has 0 aromatic carbocycles. The first-order valence-corrected chi connectivity index (χ1v) is 7.98. The molecule has 0 saturated carbocycles. The average Bonchev–Trinajstić information content (AvgIpc) is 2.73. The van der Waals surface area contributed by atoms with Gasteiger partial charge >= 0.3 is 6.09 Å². The number of aromatic nitrogens is 2. The molecule has 0 bridgehead atoms. The molecule has 132 valence electrons. The fourth-order valence-electron chi connectivity index (χ4n) is 2.13. The second kappa shape index (κ2) is 8.19. The number of carbonyl (C=O) groups excluding carboxylic acids is 1. The third-order valence-corrected chi connectivity index (χ3v) is 3.28. The van der Waals surface area contributed by atoms with E-state index in [9.17, 15) is 4.79 Å². The van der Waals surface area contributed by atoms with Crippen LogP contribution in [0.15, 0.2) is 6.20 Å². The minimum Gasteiger partial charge on any atom is -0.444 e. The molecule has 0 spiro atoms. The molecule has 1 rings (SSSR count). The maximum Gasteiger partial charge on any atom is 0.407 e. The Morgan fingerprint density at radius 3 is 2.61 bits per heavy atom. The Balaban J connectivity index is 2.28. The van der Waals surface area contributed by atoms with Gasteiger partial charge in [0, 0.05) is 33.7 Å². The molecule has 1 aromatic heterocycles. The summed E-state index contributed by atoms with van der Waals surface area (Å²) in [6.07, 6.45) is 2.34. The van der Waals surface area contributed by atoms with Crippen LogP contribution in [-0.4, -0.2) is 47.9 Å². The second-order valence-electron chi connectivity index (χ2n) is 7.02. The summed E-state index contributed by atoms with van der Waals surface area (Å²) < 4.78 is 7.30. The van der Waals surface area contributed by atoms with Crippen molar-refractivity contribution in [1.29, 1.82) is 0 Å². The van der Waals surface area contributed by atoms with Crippen LogP contribution in [0.25, 0.3) is 0 Å². The molecule has 1 atom stereocenters. The van der Waals surface area contributed by atoms with Crippen molar-refractivity contribution in [3.05, 3.63) is 11.9 Å². The third-order valence-electron chi connectivity index (χ3n) is 3.28. The Labute approximate surface area is 139 Å². The van der Waals surface area contributed by atoms with E-state index in [-0.39, 0.29) is 12.1 Å². The van der Waals surface area contributed by atoms with Crippen LogP contribution in [0.3, 0.4) is 0 Å². The van der Waals surface area contributed by atoms with Crippen molar-refractivity contribution in [2.45, 2.75) is 52.3 Å². The number of nitrogens with zero attached hydrogens (tertiary/aromatic N) is 3. The Kier molecular flexibility index (Phi) is 6.87. The Morgan fingerprint density at radius 2 is 2.09 bits per heavy atom. The number of alkyl carbamates (subject to hydrolysis) is 1. The summed E-state index contributed by atoms with van der Waals surface area (Å²) >= 11 is 0. The van der Waals surface area contributed by atoms with Crippen LogP contribution >= 0.6 is 0 Å². The second-order valence-corrected chi connectivity index (χ2v) is 7.02. The van der Waals surface area contributed by atoms with E-state index in [0.29, 0.717) is 0 Å². The van der Waals surface area contributed by atoms with E-state index >= 15 is 0 Å². The number of amides is 1. The summed E-state index contributed by atoms with van der Waals surface area (Å²) in [6.45, 7) is 9.09. The van der Waals surface area contributed by atoms with Gasteiger partial charge in [-0.2, -0.15) is 0 Å². The highest BCUT2D eigenvalue weighted by atomic mass is 16.6. The molecule has 1 aromatic rings. The number of anilines is 1. The summed E-state index contributed by atoms with van der Waals surface area (Å²) in [6, 6.07) is 0.0567. The largest absolute Gasteiger partial charge is 0.444 e. The Morgan fingerprint density at radius 1 is 1.43 bits per heavy atom. The third kappa shape index (κ3) is 6.90. The quantitative estimate of drug-likeness (QED) is 0.749. The maximum atomic E-state index is 11.7. The molecule has 1 amide bonds. The van der Waals surface area contributed by atoms with E-state index in [1.165, 1.54) is 0 Å². The molecule has 1 heterocycles. The number of carbonyl (C=O) groups is 1. The van der Waals surface area contributed by atoms with Crippen molar-refractivity contribution in [1.82, 2.24) is 20.2 Å². The smallest absolute Gasteiger partial charge is 0.407 e. The van der Waals surface area contributed by atoms with Crippen LogP contribution in [0.1, 0.15) is 39.8 Å². The minimum absolute atomic E-state index is 0.0567. The predicted molar refractivity (Wildman–Crippen MR) is 92.7 cm³/mol. The lowest BCUT2D eigenvalue weighted by molar-refractivity contribution is 0.0506. The zero-order valence-electron chi connectivity index (χ0n) is 15.4. The lowest BCUT2D eigenvalue weighted by Gasteiger charge is -2.22. The molecule has 0 aliphatic carbocycles. The number of imidazole rings is 1. The number of hydrogen-bond acceptors (Lipinski definition) is 5. The van der Waals surface area contributed by atoms with Gasteiger partial charge in [0.15, 0.2) is 0 Å². The van der Waals surface area contributed by atoms with E-state index in [2.05, 4.69) is 20.2 Å². The van der Waals surface area contributed by atoms with E-state index in [1.807, 2.05) is 59.9 Å². The zero-order valence-corrected chi connectivity index (χ0v) is 15.4. The van der Waals surface area contributed by atoms with E-state index in [0.717, 1.165) is 31.2 Å². The van der Waals surface area contributed by atoms with Gasteiger partial charge < -0.3 is 24.8 Å². The van der Waals surface area contributed by atoms with Gasteiger partial charge in [0.2, 0.25) is 5.95 Å². The highest BCUT2D eigenvalue weighted by Crippen LogP contribution is 2.10. The SMILES string of the molecule is CC(CCNCc1cnc(N(C)C)n1C)NC(=O)OC(C)(C)C. The first-order valence-electron chi connectivity index (χ1n) is 7.98. The van der Waals surface area contributed by atoms with E-state index in [4.69, 9.17) is 4.74 Å². The Bertz CT molecular complexity index is 505. The summed E-state index contributed by atoms with van der Waals surface area (Å²) in [4.78, 5) is 18.0. The molecule has 2 N–H and O–H groups in total. The van der Waals surface area contributed by atoms with Crippen molar-refractivity contribution >= 4 is 12.0 Å². The van der Waals surface area contributed by atoms with Gasteiger partial charge in [0.1, 0.15) is 5.60 Å². The maximum absolute atomic E-state index is 11.7. The number of ether oxygens (including phenoxy) is 1. The average molecular weight is 325 g/mol. The topological polar surface area (TPSA) is 71.4 Å².